The molecule has 3 aliphatic heterocycles. The first-order valence-electron chi connectivity index (χ1n) is 18.3. The van der Waals surface area contributed by atoms with E-state index in [1.807, 2.05) is 0 Å². The van der Waals surface area contributed by atoms with Crippen molar-refractivity contribution in [2.75, 3.05) is 19.8 Å². The molecular weight excluding hydrogens is 604 g/mol. The van der Waals surface area contributed by atoms with Crippen LogP contribution in [0.5, 0.6) is 0 Å². The quantitative estimate of drug-likeness (QED) is 0.124. The number of carbonyl (C=O) groups is 1. The maximum atomic E-state index is 11.0. The molecule has 9 heteroatoms. The zero-order chi connectivity index (χ0) is 32.0. The van der Waals surface area contributed by atoms with E-state index < -0.39 is 5.97 Å². The zero-order valence-electron chi connectivity index (χ0n) is 28.0. The van der Waals surface area contributed by atoms with Crippen LogP contribution in [0.25, 0.3) is 0 Å². The average Bonchev–Trinajstić information content (AvgIpc) is 3.63. The van der Waals surface area contributed by atoms with Crippen molar-refractivity contribution in [3.63, 3.8) is 0 Å². The fourth-order valence-corrected chi connectivity index (χ4v) is 8.27. The predicted molar refractivity (Wildman–Crippen MR) is 179 cm³/mol. The molecule has 8 atom stereocenters. The van der Waals surface area contributed by atoms with Crippen molar-refractivity contribution in [2.24, 2.45) is 11.8 Å². The number of thiophene rings is 1. The fraction of sp³-hybridized carbons (Fsp3) is 0.811. The summed E-state index contributed by atoms with van der Waals surface area (Å²) in [6, 6.07) is 2.24. The Hall–Kier alpha value is -1.33. The number of carboxylic acids is 1. The van der Waals surface area contributed by atoms with E-state index in [1.54, 1.807) is 11.3 Å². The lowest BCUT2D eigenvalue weighted by Gasteiger charge is -2.31. The van der Waals surface area contributed by atoms with Gasteiger partial charge in [-0.1, -0.05) is 31.4 Å². The summed E-state index contributed by atoms with van der Waals surface area (Å²) >= 11 is 1.81. The van der Waals surface area contributed by atoms with Gasteiger partial charge in [-0.25, -0.2) is 0 Å². The number of carboxylic acid groups (broad SMARTS) is 1. The summed E-state index contributed by atoms with van der Waals surface area (Å²) in [6.45, 7) is 4.48. The lowest BCUT2D eigenvalue weighted by molar-refractivity contribution is -0.204. The van der Waals surface area contributed by atoms with E-state index in [0.717, 1.165) is 129 Å². The normalized spacial score (nSPS) is 31.4. The topological polar surface area (TPSA) is 92.7 Å². The Morgan fingerprint density at radius 2 is 1.57 bits per heavy atom. The van der Waals surface area contributed by atoms with Crippen molar-refractivity contribution in [1.82, 2.24) is 0 Å². The van der Waals surface area contributed by atoms with Crippen LogP contribution in [-0.4, -0.2) is 68.1 Å². The summed E-state index contributed by atoms with van der Waals surface area (Å²) in [5.74, 6) is -0.267. The second-order valence-electron chi connectivity index (χ2n) is 13.7. The number of hydrogen-bond donors (Lipinski definition) is 1. The first kappa shape index (κ1) is 36.0. The minimum absolute atomic E-state index is 0.00403. The number of unbranched alkanes of at least 4 members (excludes halogenated alkanes) is 3. The third-order valence-electron chi connectivity index (χ3n) is 10.1. The Labute approximate surface area is 280 Å². The molecule has 4 heterocycles. The third kappa shape index (κ3) is 11.7. The maximum absolute atomic E-state index is 11.0. The summed E-state index contributed by atoms with van der Waals surface area (Å²) in [7, 11) is 0. The molecule has 1 aromatic heterocycles. The fourth-order valence-electron chi connectivity index (χ4n) is 7.51. The standard InChI is InChI=1S/C37H58O8S/c1-27-28(21-25-46-27)17-18-29(43-35-14-6-9-22-40-35)19-20-31-30(12-4-2-3-5-13-34(38)39)32(44-36-15-7-10-23-41-36)26-33(31)45-37-16-8-11-24-42-37/h19-21,25,29-33,35-37H,2-18,22-24,26H2,1H3,(H,38,39)/t29?,30-,31-,32+,33-,35?,36?,37?/m1/s1. The van der Waals surface area contributed by atoms with Crippen LogP contribution in [-0.2, 0) is 39.6 Å². The van der Waals surface area contributed by atoms with E-state index in [4.69, 9.17) is 33.5 Å². The minimum Gasteiger partial charge on any atom is -0.481 e. The molecule has 1 N–H and O–H groups in total. The van der Waals surface area contributed by atoms with Gasteiger partial charge in [0.05, 0.1) is 18.3 Å². The van der Waals surface area contributed by atoms with E-state index in [9.17, 15) is 4.79 Å². The first-order chi connectivity index (χ1) is 22.5. The summed E-state index contributed by atoms with van der Waals surface area (Å²) in [4.78, 5) is 12.4. The molecule has 1 saturated carbocycles. The van der Waals surface area contributed by atoms with Crippen LogP contribution >= 0.6 is 11.3 Å². The van der Waals surface area contributed by atoms with E-state index in [0.29, 0.717) is 0 Å². The van der Waals surface area contributed by atoms with Crippen molar-refractivity contribution >= 4 is 17.3 Å². The molecule has 0 radical (unpaired) electrons. The number of ether oxygens (including phenoxy) is 6. The Kier molecular flexibility index (Phi) is 15.3. The van der Waals surface area contributed by atoms with Gasteiger partial charge in [0.15, 0.2) is 18.9 Å². The molecule has 4 unspecified atom stereocenters. The number of aliphatic carboxylic acids is 1. The van der Waals surface area contributed by atoms with Gasteiger partial charge in [0.1, 0.15) is 0 Å². The highest BCUT2D eigenvalue weighted by Gasteiger charge is 2.45. The largest absolute Gasteiger partial charge is 0.481 e. The maximum Gasteiger partial charge on any atom is 0.303 e. The van der Waals surface area contributed by atoms with Gasteiger partial charge in [0, 0.05) is 43.5 Å². The molecule has 0 spiro atoms. The SMILES string of the molecule is Cc1sccc1CCC(C=C[C@@H]1[C@@H](CCCCCCC(=O)O)[C@@H](OC2CCCCO2)C[C@H]1OC1CCCCO1)OC1CCCCO1. The Morgan fingerprint density at radius 1 is 0.913 bits per heavy atom. The van der Waals surface area contributed by atoms with Gasteiger partial charge < -0.3 is 33.5 Å². The third-order valence-corrected chi connectivity index (χ3v) is 11.0. The molecular formula is C37H58O8S. The van der Waals surface area contributed by atoms with Gasteiger partial charge in [-0.3, -0.25) is 4.79 Å². The van der Waals surface area contributed by atoms with Crippen molar-refractivity contribution < 1.29 is 38.3 Å². The summed E-state index contributed by atoms with van der Waals surface area (Å²) in [5, 5.41) is 11.2. The summed E-state index contributed by atoms with van der Waals surface area (Å²) in [6.07, 6.45) is 21.4. The van der Waals surface area contributed by atoms with Crippen molar-refractivity contribution in [3.05, 3.63) is 34.0 Å². The molecule has 1 aliphatic carbocycles. The summed E-state index contributed by atoms with van der Waals surface area (Å²) < 4.78 is 38.3. The van der Waals surface area contributed by atoms with Crippen LogP contribution in [0, 0.1) is 18.8 Å². The van der Waals surface area contributed by atoms with E-state index in [2.05, 4.69) is 30.5 Å². The zero-order valence-corrected chi connectivity index (χ0v) is 28.8. The van der Waals surface area contributed by atoms with E-state index in [-0.39, 0.29) is 55.4 Å². The molecule has 0 amide bonds. The van der Waals surface area contributed by atoms with Crippen LogP contribution in [0.1, 0.15) is 120 Å². The highest BCUT2D eigenvalue weighted by atomic mass is 32.1. The van der Waals surface area contributed by atoms with Crippen molar-refractivity contribution in [2.45, 2.75) is 160 Å². The molecule has 0 aromatic carbocycles. The van der Waals surface area contributed by atoms with Crippen molar-refractivity contribution in [1.29, 1.82) is 0 Å². The van der Waals surface area contributed by atoms with Crippen LogP contribution in [0.2, 0.25) is 0 Å². The number of aryl methyl sites for hydroxylation is 2. The van der Waals surface area contributed by atoms with Gasteiger partial charge in [0.2, 0.25) is 0 Å². The molecule has 5 rings (SSSR count). The Bertz CT molecular complexity index is 1030. The second-order valence-corrected chi connectivity index (χ2v) is 14.8. The van der Waals surface area contributed by atoms with Crippen LogP contribution in [0.4, 0.5) is 0 Å². The smallest absolute Gasteiger partial charge is 0.303 e. The van der Waals surface area contributed by atoms with Gasteiger partial charge in [-0.15, -0.1) is 11.3 Å². The molecule has 4 fully saturated rings. The lowest BCUT2D eigenvalue weighted by atomic mass is 9.87. The van der Waals surface area contributed by atoms with E-state index >= 15 is 0 Å². The number of hydrogen-bond acceptors (Lipinski definition) is 8. The second kappa shape index (κ2) is 19.6. The minimum atomic E-state index is -0.712. The number of rotatable bonds is 18. The van der Waals surface area contributed by atoms with Gasteiger partial charge in [-0.2, -0.15) is 0 Å². The van der Waals surface area contributed by atoms with Gasteiger partial charge >= 0.3 is 5.97 Å². The van der Waals surface area contributed by atoms with Gasteiger partial charge in [0.25, 0.3) is 0 Å². The molecule has 4 aliphatic rings. The lowest BCUT2D eigenvalue weighted by Crippen LogP contribution is -2.32. The molecule has 1 aromatic rings. The monoisotopic (exact) mass is 662 g/mol. The highest BCUT2D eigenvalue weighted by Crippen LogP contribution is 2.43. The molecule has 0 bridgehead atoms. The van der Waals surface area contributed by atoms with Crippen LogP contribution in [0.3, 0.4) is 0 Å². The Balaban J connectivity index is 1.32. The van der Waals surface area contributed by atoms with Crippen LogP contribution < -0.4 is 0 Å². The van der Waals surface area contributed by atoms with Crippen LogP contribution in [0.15, 0.2) is 23.6 Å². The highest BCUT2D eigenvalue weighted by molar-refractivity contribution is 7.10. The molecule has 8 nitrogen and oxygen atoms in total. The first-order valence-corrected chi connectivity index (χ1v) is 19.2. The Morgan fingerprint density at radius 3 is 2.17 bits per heavy atom. The molecule has 46 heavy (non-hydrogen) atoms. The molecule has 3 saturated heterocycles. The molecule has 260 valence electrons. The van der Waals surface area contributed by atoms with Crippen molar-refractivity contribution in [3.8, 4) is 0 Å². The van der Waals surface area contributed by atoms with Gasteiger partial charge in [-0.05, 0) is 113 Å². The average molecular weight is 663 g/mol. The van der Waals surface area contributed by atoms with E-state index in [1.165, 1.54) is 10.4 Å². The predicted octanol–water partition coefficient (Wildman–Crippen LogP) is 8.34. The summed E-state index contributed by atoms with van der Waals surface area (Å²) in [5.41, 5.74) is 1.40.